The summed E-state index contributed by atoms with van der Waals surface area (Å²) >= 11 is 0. The number of imidazole rings is 1. The number of fused-ring (bicyclic) bond motifs is 1. The van der Waals surface area contributed by atoms with Gasteiger partial charge in [-0.3, -0.25) is 14.0 Å². The molecule has 3 atom stereocenters. The van der Waals surface area contributed by atoms with Crippen molar-refractivity contribution >= 4 is 23.1 Å². The summed E-state index contributed by atoms with van der Waals surface area (Å²) in [7, 11) is 0. The Morgan fingerprint density at radius 1 is 1.15 bits per heavy atom. The maximum absolute atomic E-state index is 12.9. The van der Waals surface area contributed by atoms with E-state index < -0.39 is 29.4 Å². The van der Waals surface area contributed by atoms with Gasteiger partial charge in [0.15, 0.2) is 5.78 Å². The number of carboxylic acid groups (broad SMARTS) is 1. The summed E-state index contributed by atoms with van der Waals surface area (Å²) in [4.78, 5) is 33.6. The van der Waals surface area contributed by atoms with Crippen LogP contribution in [-0.2, 0) is 4.79 Å². The number of carboxylic acids is 1. The van der Waals surface area contributed by atoms with Crippen molar-refractivity contribution in [1.29, 1.82) is 0 Å². The van der Waals surface area contributed by atoms with Crippen LogP contribution in [0.25, 0.3) is 16.8 Å². The van der Waals surface area contributed by atoms with Gasteiger partial charge in [0.1, 0.15) is 22.9 Å². The topological polar surface area (TPSA) is 137 Å². The minimum atomic E-state index is -4.66. The molecular formula is C28H30F3N5O3. The molecule has 39 heavy (non-hydrogen) atoms. The van der Waals surface area contributed by atoms with E-state index in [0.717, 1.165) is 18.9 Å². The maximum atomic E-state index is 12.9. The molecule has 4 rings (SSSR count). The van der Waals surface area contributed by atoms with Crippen LogP contribution in [0.3, 0.4) is 0 Å². The standard InChI is InChI=1S/C28H30F3N5O3/c1-15(2)20-9-7-18(13-21(20)27(38)39)26-35-23(24-25(33)34-11-12-36(24)26)17-5-3-16(4-6-17)22(37)10-8-19(14-32)28(29,30)31/h3-6,8,10-12,14-15,18,20-21H,7,9,13,32H2,1-2H3,(H2,33,34)(H,38,39)/b10-8?,19-14+/t18-,20-,21-/m1/s1. The fourth-order valence-corrected chi connectivity index (χ4v) is 5.39. The van der Waals surface area contributed by atoms with Crippen LogP contribution in [0.15, 0.2) is 60.6 Å². The van der Waals surface area contributed by atoms with E-state index in [4.69, 9.17) is 16.5 Å². The molecule has 8 nitrogen and oxygen atoms in total. The Bertz CT molecular complexity index is 1440. The normalized spacial score (nSPS) is 20.7. The predicted octanol–water partition coefficient (Wildman–Crippen LogP) is 5.36. The first-order chi connectivity index (χ1) is 18.4. The van der Waals surface area contributed by atoms with E-state index in [-0.39, 0.29) is 29.1 Å². The van der Waals surface area contributed by atoms with Crippen LogP contribution in [0.2, 0.25) is 0 Å². The third-order valence-corrected chi connectivity index (χ3v) is 7.42. The molecule has 1 aliphatic carbocycles. The number of rotatable bonds is 7. The second-order valence-electron chi connectivity index (χ2n) is 10.1. The number of nitrogens with zero attached hydrogens (tertiary/aromatic N) is 3. The number of nitrogen functional groups attached to an aromatic ring is 1. The second-order valence-corrected chi connectivity index (χ2v) is 10.1. The highest BCUT2D eigenvalue weighted by Gasteiger charge is 2.39. The zero-order valence-corrected chi connectivity index (χ0v) is 21.5. The smallest absolute Gasteiger partial charge is 0.417 e. The number of benzene rings is 1. The van der Waals surface area contributed by atoms with Crippen LogP contribution < -0.4 is 11.5 Å². The van der Waals surface area contributed by atoms with Gasteiger partial charge in [-0.05, 0) is 43.3 Å². The van der Waals surface area contributed by atoms with Crippen molar-refractivity contribution in [3.8, 4) is 11.3 Å². The van der Waals surface area contributed by atoms with Gasteiger partial charge in [0.25, 0.3) is 0 Å². The first-order valence-corrected chi connectivity index (χ1v) is 12.6. The Morgan fingerprint density at radius 2 is 1.85 bits per heavy atom. The molecule has 0 saturated heterocycles. The number of aromatic nitrogens is 3. The monoisotopic (exact) mass is 541 g/mol. The van der Waals surface area contributed by atoms with Gasteiger partial charge < -0.3 is 16.6 Å². The average Bonchev–Trinajstić information content (AvgIpc) is 3.29. The number of carbonyl (C=O) groups excluding carboxylic acids is 1. The third-order valence-electron chi connectivity index (χ3n) is 7.42. The molecule has 0 unspecified atom stereocenters. The number of anilines is 1. The molecule has 1 aromatic carbocycles. The second kappa shape index (κ2) is 10.9. The highest BCUT2D eigenvalue weighted by Crippen LogP contribution is 2.43. The Kier molecular flexibility index (Phi) is 7.80. The van der Waals surface area contributed by atoms with Gasteiger partial charge in [-0.1, -0.05) is 38.1 Å². The van der Waals surface area contributed by atoms with Crippen molar-refractivity contribution in [2.75, 3.05) is 5.73 Å². The fraction of sp³-hybridized carbons (Fsp3) is 0.357. The first-order valence-electron chi connectivity index (χ1n) is 12.6. The molecule has 1 fully saturated rings. The van der Waals surface area contributed by atoms with E-state index >= 15 is 0 Å². The summed E-state index contributed by atoms with van der Waals surface area (Å²) in [6, 6.07) is 6.26. The molecule has 3 aromatic rings. The molecule has 1 saturated carbocycles. The SMILES string of the molecule is CC(C)[C@H]1CC[C@@H](c2nc(-c3ccc(C(=O)C=C/C(=C\N)C(F)(F)F)cc3)c3c(N)nccn23)C[C@H]1C(=O)O. The van der Waals surface area contributed by atoms with Crippen molar-refractivity contribution in [2.24, 2.45) is 23.5 Å². The van der Waals surface area contributed by atoms with Crippen molar-refractivity contribution in [3.05, 3.63) is 72.0 Å². The molecule has 0 spiro atoms. The van der Waals surface area contributed by atoms with Crippen LogP contribution in [0.4, 0.5) is 19.0 Å². The van der Waals surface area contributed by atoms with Gasteiger partial charge >= 0.3 is 12.1 Å². The van der Waals surface area contributed by atoms with E-state index in [0.29, 0.717) is 41.3 Å². The van der Waals surface area contributed by atoms with Crippen molar-refractivity contribution < 1.29 is 27.9 Å². The Balaban J connectivity index is 1.67. The van der Waals surface area contributed by atoms with Crippen LogP contribution in [-0.4, -0.2) is 37.4 Å². The minimum Gasteiger partial charge on any atom is -0.481 e. The Morgan fingerprint density at radius 3 is 2.44 bits per heavy atom. The number of alkyl halides is 3. The maximum Gasteiger partial charge on any atom is 0.417 e. The Labute approximate surface area is 223 Å². The summed E-state index contributed by atoms with van der Waals surface area (Å²) in [5.74, 6) is -0.739. The lowest BCUT2D eigenvalue weighted by molar-refractivity contribution is -0.146. The van der Waals surface area contributed by atoms with Crippen LogP contribution >= 0.6 is 0 Å². The number of hydrogen-bond acceptors (Lipinski definition) is 6. The summed E-state index contributed by atoms with van der Waals surface area (Å²) in [6.07, 6.45) is 2.50. The largest absolute Gasteiger partial charge is 0.481 e. The van der Waals surface area contributed by atoms with Gasteiger partial charge in [-0.15, -0.1) is 0 Å². The summed E-state index contributed by atoms with van der Waals surface area (Å²) in [5.41, 5.74) is 12.0. The van der Waals surface area contributed by atoms with Gasteiger partial charge in [0.05, 0.1) is 11.5 Å². The van der Waals surface area contributed by atoms with Crippen LogP contribution in [0, 0.1) is 17.8 Å². The molecule has 11 heteroatoms. The molecule has 0 radical (unpaired) electrons. The number of carbonyl (C=O) groups is 2. The average molecular weight is 542 g/mol. The predicted molar refractivity (Wildman–Crippen MR) is 141 cm³/mol. The lowest BCUT2D eigenvalue weighted by atomic mass is 9.69. The zero-order chi connectivity index (χ0) is 28.5. The van der Waals surface area contributed by atoms with Crippen molar-refractivity contribution in [1.82, 2.24) is 14.4 Å². The zero-order valence-electron chi connectivity index (χ0n) is 21.5. The van der Waals surface area contributed by atoms with E-state index in [9.17, 15) is 27.9 Å². The van der Waals surface area contributed by atoms with E-state index in [1.54, 1.807) is 24.5 Å². The van der Waals surface area contributed by atoms with E-state index in [1.807, 2.05) is 18.2 Å². The van der Waals surface area contributed by atoms with Gasteiger partial charge in [0, 0.05) is 35.6 Å². The number of ketones is 1. The van der Waals surface area contributed by atoms with Gasteiger partial charge in [0.2, 0.25) is 0 Å². The van der Waals surface area contributed by atoms with Crippen LogP contribution in [0.5, 0.6) is 0 Å². The molecular weight excluding hydrogens is 511 g/mol. The number of aliphatic carboxylic acids is 1. The van der Waals surface area contributed by atoms with E-state index in [2.05, 4.69) is 4.98 Å². The number of halogens is 3. The Hall–Kier alpha value is -4.15. The first kappa shape index (κ1) is 27.9. The number of hydrogen-bond donors (Lipinski definition) is 3. The molecule has 5 N–H and O–H groups in total. The number of nitrogens with two attached hydrogens (primary N) is 2. The highest BCUT2D eigenvalue weighted by molar-refractivity contribution is 6.05. The summed E-state index contributed by atoms with van der Waals surface area (Å²) in [6.45, 7) is 4.09. The molecule has 0 aliphatic heterocycles. The molecule has 2 heterocycles. The van der Waals surface area contributed by atoms with Gasteiger partial charge in [-0.25, -0.2) is 9.97 Å². The van der Waals surface area contributed by atoms with Crippen molar-refractivity contribution in [2.45, 2.75) is 45.2 Å². The van der Waals surface area contributed by atoms with Crippen LogP contribution in [0.1, 0.15) is 55.2 Å². The molecule has 0 amide bonds. The quantitative estimate of drug-likeness (QED) is 0.208. The lowest BCUT2D eigenvalue weighted by Gasteiger charge is -2.35. The molecule has 0 bridgehead atoms. The number of allylic oxidation sites excluding steroid dienone is 3. The van der Waals surface area contributed by atoms with Crippen molar-refractivity contribution in [3.63, 3.8) is 0 Å². The third kappa shape index (κ3) is 5.67. The summed E-state index contributed by atoms with van der Waals surface area (Å²) < 4.78 is 40.4. The minimum absolute atomic E-state index is 0.0860. The van der Waals surface area contributed by atoms with E-state index in [1.165, 1.54) is 12.1 Å². The molecule has 1 aliphatic rings. The van der Waals surface area contributed by atoms with Gasteiger partial charge in [-0.2, -0.15) is 13.2 Å². The summed E-state index contributed by atoms with van der Waals surface area (Å²) in [5, 5.41) is 9.90. The highest BCUT2D eigenvalue weighted by atomic mass is 19.4. The molecule has 2 aromatic heterocycles. The molecule has 206 valence electrons. The fourth-order valence-electron chi connectivity index (χ4n) is 5.39. The lowest BCUT2D eigenvalue weighted by Crippen LogP contribution is -2.33.